The summed E-state index contributed by atoms with van der Waals surface area (Å²) in [5.74, 6) is -0.610. The van der Waals surface area contributed by atoms with Crippen LogP contribution in [-0.2, 0) is 14.3 Å². The predicted octanol–water partition coefficient (Wildman–Crippen LogP) is 6.27. The second-order valence-electron chi connectivity index (χ2n) is 13.6. The minimum atomic E-state index is -0.803. The fraction of sp³-hybridized carbons (Fsp3) is 0.400. The molecule has 2 aliphatic carbocycles. The van der Waals surface area contributed by atoms with Crippen LogP contribution in [-0.4, -0.2) is 48.1 Å². The van der Waals surface area contributed by atoms with E-state index in [2.05, 4.69) is 45.2 Å². The second-order valence-corrected chi connectivity index (χ2v) is 13.6. The van der Waals surface area contributed by atoms with Gasteiger partial charge in [-0.05, 0) is 91.4 Å². The van der Waals surface area contributed by atoms with Gasteiger partial charge in [0.15, 0.2) is 0 Å². The molecule has 0 saturated heterocycles. The van der Waals surface area contributed by atoms with Crippen LogP contribution in [0.4, 0.5) is 10.5 Å². The largest absolute Gasteiger partial charge is 0.449 e. The Morgan fingerprint density at radius 2 is 1.60 bits per heavy atom. The molecule has 1 heterocycles. The summed E-state index contributed by atoms with van der Waals surface area (Å²) in [5.41, 5.74) is 12.1. The topological polar surface area (TPSA) is 155 Å². The van der Waals surface area contributed by atoms with Gasteiger partial charge in [0, 0.05) is 35.5 Å². The van der Waals surface area contributed by atoms with E-state index in [9.17, 15) is 19.2 Å². The third-order valence-electron chi connectivity index (χ3n) is 10.2. The summed E-state index contributed by atoms with van der Waals surface area (Å²) in [6.45, 7) is 2.53. The van der Waals surface area contributed by atoms with Gasteiger partial charge >= 0.3 is 6.09 Å². The molecule has 0 bridgehead atoms. The van der Waals surface area contributed by atoms with Gasteiger partial charge in [0.2, 0.25) is 17.4 Å². The van der Waals surface area contributed by atoms with Crippen molar-refractivity contribution in [2.75, 3.05) is 18.5 Å². The molecule has 6 N–H and O–H groups in total. The summed E-state index contributed by atoms with van der Waals surface area (Å²) in [7, 11) is 0. The highest BCUT2D eigenvalue weighted by atomic mass is 16.5. The molecular weight excluding hydrogens is 630 g/mol. The standard InChI is InChI=1S/C40H47N5O5/c1-25-21-37(46)44-36-22-27(18-19-28(25)36)42-39(48)34(17-9-10-20-41)43-38(47)23-35(26-11-3-2-4-12-26)45-40(49)50-24-33-31-15-7-5-13-29(31)30-14-6-8-16-32(30)33/h5-8,13-16,18-19,21-22,26,33-35H,2-4,9-12,17,20,23-24,41H2,1H3,(H,42,48)(H,43,47)(H,44,46)(H,45,49)/t34-,35?/m0/s1. The van der Waals surface area contributed by atoms with Crippen LogP contribution in [0, 0.1) is 12.8 Å². The van der Waals surface area contributed by atoms with E-state index >= 15 is 0 Å². The molecule has 0 spiro atoms. The number of hydrogen-bond acceptors (Lipinski definition) is 6. The first kappa shape index (κ1) is 34.9. The highest BCUT2D eigenvalue weighted by Crippen LogP contribution is 2.44. The number of rotatable bonds is 13. The Balaban J connectivity index is 1.11. The molecule has 3 amide bonds. The van der Waals surface area contributed by atoms with Gasteiger partial charge in [-0.2, -0.15) is 0 Å². The summed E-state index contributed by atoms with van der Waals surface area (Å²) in [5, 5.41) is 9.79. The van der Waals surface area contributed by atoms with Crippen molar-refractivity contribution in [1.82, 2.24) is 15.6 Å². The van der Waals surface area contributed by atoms with Gasteiger partial charge in [0.05, 0.1) is 5.52 Å². The van der Waals surface area contributed by atoms with Gasteiger partial charge < -0.3 is 31.4 Å². The van der Waals surface area contributed by atoms with E-state index < -0.39 is 18.2 Å². The molecule has 1 unspecified atom stereocenters. The number of aromatic amines is 1. The average Bonchev–Trinajstić information content (AvgIpc) is 3.43. The minimum Gasteiger partial charge on any atom is -0.449 e. The molecule has 1 aromatic heterocycles. The lowest BCUT2D eigenvalue weighted by Crippen LogP contribution is -2.48. The first-order valence-corrected chi connectivity index (χ1v) is 17.9. The maximum absolute atomic E-state index is 13.6. The number of ether oxygens (including phenoxy) is 1. The molecule has 2 aliphatic rings. The third kappa shape index (κ3) is 8.25. The number of carbonyl (C=O) groups excluding carboxylic acids is 3. The molecule has 6 rings (SSSR count). The van der Waals surface area contributed by atoms with E-state index in [0.29, 0.717) is 37.0 Å². The molecule has 10 heteroatoms. The number of amides is 3. The summed E-state index contributed by atoms with van der Waals surface area (Å²) in [4.78, 5) is 55.4. The number of nitrogens with one attached hydrogen (secondary N) is 4. The maximum atomic E-state index is 13.6. The van der Waals surface area contributed by atoms with Crippen molar-refractivity contribution in [3.63, 3.8) is 0 Å². The molecule has 1 saturated carbocycles. The van der Waals surface area contributed by atoms with Crippen LogP contribution < -0.4 is 27.2 Å². The fourth-order valence-corrected chi connectivity index (χ4v) is 7.62. The Morgan fingerprint density at radius 1 is 0.900 bits per heavy atom. The van der Waals surface area contributed by atoms with Crippen molar-refractivity contribution >= 4 is 34.5 Å². The molecule has 3 aromatic carbocycles. The molecular formula is C40H47N5O5. The number of aromatic nitrogens is 1. The van der Waals surface area contributed by atoms with E-state index in [1.807, 2.05) is 37.3 Å². The SMILES string of the molecule is Cc1cc(=O)[nH]c2cc(NC(=O)[C@H](CCCCN)NC(=O)CC(NC(=O)OCC3c4ccccc4-c4ccccc43)C3CCCCC3)ccc12. The summed E-state index contributed by atoms with van der Waals surface area (Å²) >= 11 is 0. The van der Waals surface area contributed by atoms with Crippen molar-refractivity contribution in [3.05, 3.63) is 99.8 Å². The van der Waals surface area contributed by atoms with Gasteiger partial charge in [-0.15, -0.1) is 0 Å². The van der Waals surface area contributed by atoms with E-state index in [0.717, 1.165) is 65.3 Å². The summed E-state index contributed by atoms with van der Waals surface area (Å²) in [6.07, 6.45) is 6.29. The van der Waals surface area contributed by atoms with E-state index in [-0.39, 0.29) is 42.2 Å². The van der Waals surface area contributed by atoms with Crippen LogP contribution in [0.15, 0.2) is 77.6 Å². The normalized spacial score (nSPS) is 15.5. The number of fused-ring (bicyclic) bond motifs is 4. The Kier molecular flexibility index (Phi) is 11.3. The highest BCUT2D eigenvalue weighted by Gasteiger charge is 2.32. The zero-order valence-electron chi connectivity index (χ0n) is 28.6. The molecule has 4 aromatic rings. The number of carbonyl (C=O) groups is 3. The number of aryl methyl sites for hydroxylation is 1. The lowest BCUT2D eigenvalue weighted by atomic mass is 9.82. The molecule has 1 fully saturated rings. The Morgan fingerprint density at radius 3 is 2.30 bits per heavy atom. The van der Waals surface area contributed by atoms with Crippen molar-refractivity contribution < 1.29 is 19.1 Å². The van der Waals surface area contributed by atoms with E-state index in [4.69, 9.17) is 10.5 Å². The monoisotopic (exact) mass is 677 g/mol. The first-order valence-electron chi connectivity index (χ1n) is 17.9. The van der Waals surface area contributed by atoms with Gasteiger partial charge in [0.25, 0.3) is 0 Å². The van der Waals surface area contributed by atoms with Crippen molar-refractivity contribution in [3.8, 4) is 11.1 Å². The van der Waals surface area contributed by atoms with Crippen molar-refractivity contribution in [2.24, 2.45) is 11.7 Å². The van der Waals surface area contributed by atoms with Crippen LogP contribution in [0.25, 0.3) is 22.0 Å². The quantitative estimate of drug-likeness (QED) is 0.105. The number of unbranched alkanes of at least 4 members (excludes halogenated alkanes) is 1. The Hall–Kier alpha value is -4.96. The molecule has 0 radical (unpaired) electrons. The van der Waals surface area contributed by atoms with Crippen LogP contribution in [0.1, 0.15) is 80.4 Å². The molecule has 10 nitrogen and oxygen atoms in total. The minimum absolute atomic E-state index is 0.0337. The van der Waals surface area contributed by atoms with Crippen LogP contribution in [0.2, 0.25) is 0 Å². The van der Waals surface area contributed by atoms with Crippen molar-refractivity contribution in [2.45, 2.75) is 82.7 Å². The highest BCUT2D eigenvalue weighted by molar-refractivity contribution is 5.99. The van der Waals surface area contributed by atoms with Crippen LogP contribution in [0.5, 0.6) is 0 Å². The molecule has 262 valence electrons. The summed E-state index contributed by atoms with van der Waals surface area (Å²) in [6, 6.07) is 22.1. The van der Waals surface area contributed by atoms with Crippen LogP contribution in [0.3, 0.4) is 0 Å². The fourth-order valence-electron chi connectivity index (χ4n) is 7.62. The third-order valence-corrected chi connectivity index (χ3v) is 10.2. The van der Waals surface area contributed by atoms with Gasteiger partial charge in [0.1, 0.15) is 12.6 Å². The molecule has 0 aliphatic heterocycles. The second kappa shape index (κ2) is 16.2. The Bertz CT molecular complexity index is 1850. The van der Waals surface area contributed by atoms with E-state index in [1.54, 1.807) is 12.1 Å². The first-order chi connectivity index (χ1) is 24.3. The number of hydrogen-bond donors (Lipinski definition) is 5. The van der Waals surface area contributed by atoms with Gasteiger partial charge in [-0.3, -0.25) is 14.4 Å². The number of anilines is 1. The maximum Gasteiger partial charge on any atom is 0.407 e. The molecule has 2 atom stereocenters. The van der Waals surface area contributed by atoms with Crippen LogP contribution >= 0.6 is 0 Å². The number of pyridine rings is 1. The zero-order valence-corrected chi connectivity index (χ0v) is 28.6. The predicted molar refractivity (Wildman–Crippen MR) is 196 cm³/mol. The smallest absolute Gasteiger partial charge is 0.407 e. The average molecular weight is 678 g/mol. The molecule has 50 heavy (non-hydrogen) atoms. The number of alkyl carbamates (subject to hydrolysis) is 1. The van der Waals surface area contributed by atoms with E-state index in [1.165, 1.54) is 6.07 Å². The van der Waals surface area contributed by atoms with Crippen molar-refractivity contribution in [1.29, 1.82) is 0 Å². The van der Waals surface area contributed by atoms with Gasteiger partial charge in [-0.1, -0.05) is 73.9 Å². The Labute approximate surface area is 292 Å². The zero-order chi connectivity index (χ0) is 35.0. The lowest BCUT2D eigenvalue weighted by molar-refractivity contribution is -0.127. The summed E-state index contributed by atoms with van der Waals surface area (Å²) < 4.78 is 5.86. The lowest BCUT2D eigenvalue weighted by Gasteiger charge is -2.31. The number of H-pyrrole nitrogens is 1. The van der Waals surface area contributed by atoms with Gasteiger partial charge in [-0.25, -0.2) is 4.79 Å². The number of nitrogens with two attached hydrogens (primary N) is 1. The number of benzene rings is 3.